The molecule has 0 aliphatic carbocycles. The third-order valence-corrected chi connectivity index (χ3v) is 3.75. The molecule has 7 heteroatoms. The van der Waals surface area contributed by atoms with E-state index in [1.54, 1.807) is 35.9 Å². The Morgan fingerprint density at radius 1 is 1.15 bits per heavy atom. The summed E-state index contributed by atoms with van der Waals surface area (Å²) in [6.45, 7) is 5.58. The van der Waals surface area contributed by atoms with Crippen molar-refractivity contribution in [2.75, 3.05) is 5.32 Å². The summed E-state index contributed by atoms with van der Waals surface area (Å²) >= 11 is 0. The minimum Gasteiger partial charge on any atom is -0.460 e. The molecule has 3 aromatic rings. The van der Waals surface area contributed by atoms with Gasteiger partial charge in [-0.05, 0) is 62.4 Å². The molecule has 27 heavy (non-hydrogen) atoms. The Kier molecular flexibility index (Phi) is 5.49. The van der Waals surface area contributed by atoms with Gasteiger partial charge in [0.25, 0.3) is 0 Å². The number of anilines is 1. The lowest BCUT2D eigenvalue weighted by molar-refractivity contribution is -0.115. The zero-order valence-corrected chi connectivity index (χ0v) is 15.4. The van der Waals surface area contributed by atoms with Crippen molar-refractivity contribution in [3.63, 3.8) is 0 Å². The molecule has 1 amide bonds. The summed E-state index contributed by atoms with van der Waals surface area (Å²) in [5, 5.41) is 7.23. The molecule has 0 unspecified atom stereocenters. The molecule has 0 aliphatic rings. The molecule has 1 heterocycles. The van der Waals surface area contributed by atoms with Crippen LogP contribution in [0.1, 0.15) is 27.2 Å². The Labute approximate surface area is 157 Å². The average Bonchev–Trinajstić information content (AvgIpc) is 3.05. The van der Waals surface area contributed by atoms with Crippen molar-refractivity contribution >= 4 is 11.6 Å². The Morgan fingerprint density at radius 3 is 2.41 bits per heavy atom. The van der Waals surface area contributed by atoms with Crippen LogP contribution in [0, 0.1) is 5.82 Å². The Morgan fingerprint density at radius 2 is 1.81 bits per heavy atom. The second-order valence-corrected chi connectivity index (χ2v) is 6.25. The number of nitrogens with one attached hydrogen (secondary N) is 1. The summed E-state index contributed by atoms with van der Waals surface area (Å²) in [5.41, 5.74) is 2.16. The van der Waals surface area contributed by atoms with E-state index in [0.29, 0.717) is 23.5 Å². The minimum atomic E-state index is -0.320. The van der Waals surface area contributed by atoms with Gasteiger partial charge in [-0.2, -0.15) is 4.98 Å². The number of amides is 1. The Balaban J connectivity index is 1.98. The molecule has 140 valence electrons. The quantitative estimate of drug-likeness (QED) is 0.708. The smallest absolute Gasteiger partial charge is 0.336 e. The SMILES string of the molecule is CCC(=O)Nc1ccc(-n2nc(OC(C)C)nc2-c2ccc(F)cc2)cc1. The number of ether oxygens (including phenoxy) is 1. The van der Waals surface area contributed by atoms with E-state index < -0.39 is 0 Å². The molecule has 0 bridgehead atoms. The summed E-state index contributed by atoms with van der Waals surface area (Å²) in [4.78, 5) is 16.0. The number of rotatable bonds is 6. The summed E-state index contributed by atoms with van der Waals surface area (Å²) in [5.74, 6) is 0.165. The molecule has 3 rings (SSSR count). The number of carbonyl (C=O) groups excluding carboxylic acids is 1. The first-order valence-electron chi connectivity index (χ1n) is 8.76. The lowest BCUT2D eigenvalue weighted by Gasteiger charge is -2.08. The van der Waals surface area contributed by atoms with E-state index >= 15 is 0 Å². The van der Waals surface area contributed by atoms with Gasteiger partial charge in [0.05, 0.1) is 11.8 Å². The lowest BCUT2D eigenvalue weighted by atomic mass is 10.2. The van der Waals surface area contributed by atoms with Gasteiger partial charge in [-0.25, -0.2) is 9.07 Å². The normalized spacial score (nSPS) is 10.9. The first kappa shape index (κ1) is 18.6. The first-order valence-corrected chi connectivity index (χ1v) is 8.76. The molecule has 6 nitrogen and oxygen atoms in total. The van der Waals surface area contributed by atoms with Crippen LogP contribution in [0.4, 0.5) is 10.1 Å². The van der Waals surface area contributed by atoms with E-state index in [1.165, 1.54) is 12.1 Å². The fourth-order valence-corrected chi connectivity index (χ4v) is 2.46. The molecule has 0 spiro atoms. The molecule has 0 aliphatic heterocycles. The molecular formula is C20H21FN4O2. The second-order valence-electron chi connectivity index (χ2n) is 6.25. The van der Waals surface area contributed by atoms with Gasteiger partial charge in [0, 0.05) is 17.7 Å². The van der Waals surface area contributed by atoms with Crippen LogP contribution in [0.15, 0.2) is 48.5 Å². The van der Waals surface area contributed by atoms with Crippen LogP contribution in [-0.2, 0) is 4.79 Å². The van der Waals surface area contributed by atoms with Crippen LogP contribution in [0.2, 0.25) is 0 Å². The molecule has 1 N–H and O–H groups in total. The van der Waals surface area contributed by atoms with Crippen LogP contribution in [0.25, 0.3) is 17.1 Å². The van der Waals surface area contributed by atoms with E-state index in [4.69, 9.17) is 4.74 Å². The number of nitrogens with zero attached hydrogens (tertiary/aromatic N) is 3. The fourth-order valence-electron chi connectivity index (χ4n) is 2.46. The molecule has 0 saturated carbocycles. The number of aromatic nitrogens is 3. The predicted molar refractivity (Wildman–Crippen MR) is 101 cm³/mol. The fraction of sp³-hybridized carbons (Fsp3) is 0.250. The van der Waals surface area contributed by atoms with E-state index in [2.05, 4.69) is 15.4 Å². The Bertz CT molecular complexity index is 918. The van der Waals surface area contributed by atoms with E-state index in [-0.39, 0.29) is 23.8 Å². The Hall–Kier alpha value is -3.22. The highest BCUT2D eigenvalue weighted by Crippen LogP contribution is 2.25. The van der Waals surface area contributed by atoms with E-state index in [0.717, 1.165) is 5.69 Å². The van der Waals surface area contributed by atoms with Crippen molar-refractivity contribution in [2.24, 2.45) is 0 Å². The third-order valence-electron chi connectivity index (χ3n) is 3.75. The van der Waals surface area contributed by atoms with Gasteiger partial charge in [0.15, 0.2) is 5.82 Å². The van der Waals surface area contributed by atoms with Gasteiger partial charge in [0.1, 0.15) is 5.82 Å². The standard InChI is InChI=1S/C20H21FN4O2/c1-4-18(26)22-16-9-11-17(12-10-16)25-19(14-5-7-15(21)8-6-14)23-20(24-25)27-13(2)3/h5-13H,4H2,1-3H3,(H,22,26). The van der Waals surface area contributed by atoms with Gasteiger partial charge in [0.2, 0.25) is 5.91 Å². The lowest BCUT2D eigenvalue weighted by Crippen LogP contribution is -2.09. The van der Waals surface area contributed by atoms with Gasteiger partial charge in [-0.15, -0.1) is 5.10 Å². The van der Waals surface area contributed by atoms with Gasteiger partial charge in [-0.3, -0.25) is 4.79 Å². The zero-order valence-electron chi connectivity index (χ0n) is 15.4. The summed E-state index contributed by atoms with van der Waals surface area (Å²) in [7, 11) is 0. The predicted octanol–water partition coefficient (Wildman–Crippen LogP) is 4.21. The molecule has 0 saturated heterocycles. The van der Waals surface area contributed by atoms with Crippen molar-refractivity contribution in [1.82, 2.24) is 14.8 Å². The van der Waals surface area contributed by atoms with Gasteiger partial charge < -0.3 is 10.1 Å². The first-order chi connectivity index (χ1) is 13.0. The van der Waals surface area contributed by atoms with Crippen molar-refractivity contribution < 1.29 is 13.9 Å². The maximum Gasteiger partial charge on any atom is 0.336 e. The maximum absolute atomic E-state index is 13.3. The van der Waals surface area contributed by atoms with Crippen molar-refractivity contribution in [3.05, 3.63) is 54.3 Å². The van der Waals surface area contributed by atoms with Crippen molar-refractivity contribution in [3.8, 4) is 23.1 Å². The van der Waals surface area contributed by atoms with Crippen LogP contribution in [0.3, 0.4) is 0 Å². The summed E-state index contributed by atoms with van der Waals surface area (Å²) in [6, 6.07) is 13.5. The van der Waals surface area contributed by atoms with E-state index in [9.17, 15) is 9.18 Å². The third kappa shape index (κ3) is 4.49. The van der Waals surface area contributed by atoms with Crippen LogP contribution < -0.4 is 10.1 Å². The van der Waals surface area contributed by atoms with Crippen molar-refractivity contribution in [2.45, 2.75) is 33.3 Å². The highest BCUT2D eigenvalue weighted by Gasteiger charge is 2.16. The van der Waals surface area contributed by atoms with Crippen LogP contribution >= 0.6 is 0 Å². The zero-order chi connectivity index (χ0) is 19.4. The number of hydrogen-bond acceptors (Lipinski definition) is 4. The summed E-state index contributed by atoms with van der Waals surface area (Å²) in [6.07, 6.45) is 0.337. The van der Waals surface area contributed by atoms with Crippen LogP contribution in [-0.4, -0.2) is 26.8 Å². The largest absolute Gasteiger partial charge is 0.460 e. The topological polar surface area (TPSA) is 69.0 Å². The molecule has 0 fully saturated rings. The number of halogens is 1. The molecular weight excluding hydrogens is 347 g/mol. The van der Waals surface area contributed by atoms with E-state index in [1.807, 2.05) is 26.0 Å². The highest BCUT2D eigenvalue weighted by atomic mass is 19.1. The summed E-state index contributed by atoms with van der Waals surface area (Å²) < 4.78 is 20.5. The maximum atomic E-state index is 13.3. The average molecular weight is 368 g/mol. The number of hydrogen-bond donors (Lipinski definition) is 1. The van der Waals surface area contributed by atoms with Crippen molar-refractivity contribution in [1.29, 1.82) is 0 Å². The molecule has 2 aromatic carbocycles. The number of carbonyl (C=O) groups is 1. The molecule has 0 atom stereocenters. The second kappa shape index (κ2) is 7.99. The van der Waals surface area contributed by atoms with Gasteiger partial charge >= 0.3 is 6.01 Å². The minimum absolute atomic E-state index is 0.0527. The van der Waals surface area contributed by atoms with Gasteiger partial charge in [-0.1, -0.05) is 6.92 Å². The molecule has 1 aromatic heterocycles. The monoisotopic (exact) mass is 368 g/mol. The highest BCUT2D eigenvalue weighted by molar-refractivity contribution is 5.90. The molecule has 0 radical (unpaired) electrons. The van der Waals surface area contributed by atoms with Crippen LogP contribution in [0.5, 0.6) is 6.01 Å². The number of benzene rings is 2.